The molecule has 0 bridgehead atoms. The van der Waals surface area contributed by atoms with E-state index >= 15 is 4.39 Å². The molecule has 0 amide bonds. The van der Waals surface area contributed by atoms with Crippen LogP contribution in [0, 0.1) is 23.4 Å². The quantitative estimate of drug-likeness (QED) is 0.181. The molecule has 0 radical (unpaired) electrons. The zero-order chi connectivity index (χ0) is 28.3. The normalized spacial score (nSPS) is 17.3. The van der Waals surface area contributed by atoms with E-state index in [0.29, 0.717) is 35.6 Å². The summed E-state index contributed by atoms with van der Waals surface area (Å²) in [4.78, 5) is 0. The number of unbranched alkanes of at least 4 members (excludes halogenated alkanes) is 7. The number of benzene rings is 3. The van der Waals surface area contributed by atoms with E-state index in [1.54, 1.807) is 30.3 Å². The third-order valence-corrected chi connectivity index (χ3v) is 8.42. The van der Waals surface area contributed by atoms with E-state index < -0.39 is 11.6 Å². The number of rotatable bonds is 14. The third kappa shape index (κ3) is 8.00. The predicted molar refractivity (Wildman–Crippen MR) is 160 cm³/mol. The Kier molecular flexibility index (Phi) is 11.7. The Hall–Kier alpha value is -2.59. The molecular weight excluding hydrogens is 505 g/mol. The van der Waals surface area contributed by atoms with E-state index in [1.165, 1.54) is 44.9 Å². The molecule has 0 aliphatic carbocycles. The molecule has 40 heavy (non-hydrogen) atoms. The molecule has 1 saturated heterocycles. The maximum absolute atomic E-state index is 15.1. The molecule has 0 N–H and O–H groups in total. The molecular formula is C36H45F3O. The van der Waals surface area contributed by atoms with E-state index in [-0.39, 0.29) is 17.5 Å². The lowest BCUT2D eigenvalue weighted by molar-refractivity contribution is -0.0215. The molecule has 4 heteroatoms. The van der Waals surface area contributed by atoms with Crippen LogP contribution in [0.1, 0.15) is 108 Å². The van der Waals surface area contributed by atoms with Crippen LogP contribution < -0.4 is 0 Å². The molecule has 4 rings (SSSR count). The number of hydrogen-bond donors (Lipinski definition) is 0. The smallest absolute Gasteiger partial charge is 0.166 e. The molecule has 2 atom stereocenters. The standard InChI is InChI=1S/C36H45F3O/c1-3-5-7-8-9-11-13-29-19-21-31(36(39)35(29)38)28-17-15-27(16-18-28)30-20-22-32(33(37)24-30)34-23-14-26(25-40-34)12-10-6-4-2/h15-22,24,26,34H,3-14,23,25H2,1-2H3. The number of ether oxygens (including phenoxy) is 1. The predicted octanol–water partition coefficient (Wildman–Crippen LogP) is 11.4. The van der Waals surface area contributed by atoms with Gasteiger partial charge in [0, 0.05) is 11.1 Å². The van der Waals surface area contributed by atoms with Crippen LogP contribution in [0.5, 0.6) is 0 Å². The number of hydrogen-bond acceptors (Lipinski definition) is 1. The van der Waals surface area contributed by atoms with Gasteiger partial charge in [0.25, 0.3) is 0 Å². The summed E-state index contributed by atoms with van der Waals surface area (Å²) in [6.07, 6.45) is 13.9. The van der Waals surface area contributed by atoms with Gasteiger partial charge < -0.3 is 4.74 Å². The first-order valence-corrected chi connectivity index (χ1v) is 15.5. The lowest BCUT2D eigenvalue weighted by Crippen LogP contribution is -2.21. The maximum Gasteiger partial charge on any atom is 0.166 e. The summed E-state index contributed by atoms with van der Waals surface area (Å²) in [5.41, 5.74) is 3.49. The largest absolute Gasteiger partial charge is 0.373 e. The van der Waals surface area contributed by atoms with Gasteiger partial charge in [-0.2, -0.15) is 0 Å². The van der Waals surface area contributed by atoms with Crippen molar-refractivity contribution in [2.45, 2.75) is 103 Å². The third-order valence-electron chi connectivity index (χ3n) is 8.42. The lowest BCUT2D eigenvalue weighted by atomic mass is 9.90. The van der Waals surface area contributed by atoms with Gasteiger partial charge >= 0.3 is 0 Å². The van der Waals surface area contributed by atoms with Crippen LogP contribution in [-0.4, -0.2) is 6.61 Å². The second-order valence-electron chi connectivity index (χ2n) is 11.5. The fourth-order valence-corrected chi connectivity index (χ4v) is 5.87. The fraction of sp³-hybridized carbons (Fsp3) is 0.500. The summed E-state index contributed by atoms with van der Waals surface area (Å²) >= 11 is 0. The van der Waals surface area contributed by atoms with E-state index in [1.807, 2.05) is 24.3 Å². The van der Waals surface area contributed by atoms with Gasteiger partial charge in [0.1, 0.15) is 5.82 Å². The average molecular weight is 551 g/mol. The van der Waals surface area contributed by atoms with E-state index in [9.17, 15) is 8.78 Å². The van der Waals surface area contributed by atoms with Crippen LogP contribution in [0.2, 0.25) is 0 Å². The summed E-state index contributed by atoms with van der Waals surface area (Å²) in [7, 11) is 0. The van der Waals surface area contributed by atoms with E-state index in [4.69, 9.17) is 4.74 Å². The van der Waals surface area contributed by atoms with Crippen molar-refractivity contribution >= 4 is 0 Å². The lowest BCUT2D eigenvalue weighted by Gasteiger charge is -2.29. The molecule has 0 saturated carbocycles. The molecule has 1 aliphatic rings. The van der Waals surface area contributed by atoms with Crippen LogP contribution in [-0.2, 0) is 11.2 Å². The van der Waals surface area contributed by atoms with Crippen molar-refractivity contribution in [2.24, 2.45) is 5.92 Å². The Balaban J connectivity index is 1.37. The number of aryl methyl sites for hydroxylation is 1. The Morgan fingerprint density at radius 2 is 1.35 bits per heavy atom. The SMILES string of the molecule is CCCCCCCCc1ccc(-c2ccc(-c3ccc(C4CCC(CCCCC)CO4)c(F)c3)cc2)c(F)c1F. The summed E-state index contributed by atoms with van der Waals surface area (Å²) in [6, 6.07) is 15.9. The van der Waals surface area contributed by atoms with Crippen LogP contribution in [0.4, 0.5) is 13.2 Å². The van der Waals surface area contributed by atoms with Crippen molar-refractivity contribution < 1.29 is 17.9 Å². The zero-order valence-corrected chi connectivity index (χ0v) is 24.3. The second kappa shape index (κ2) is 15.4. The molecule has 216 valence electrons. The van der Waals surface area contributed by atoms with Crippen LogP contribution in [0.25, 0.3) is 22.3 Å². The van der Waals surface area contributed by atoms with Gasteiger partial charge in [0.05, 0.1) is 12.7 Å². The van der Waals surface area contributed by atoms with Crippen molar-refractivity contribution in [3.05, 3.63) is 83.2 Å². The molecule has 1 fully saturated rings. The first-order valence-electron chi connectivity index (χ1n) is 15.5. The van der Waals surface area contributed by atoms with Crippen LogP contribution in [0.15, 0.2) is 54.6 Å². The Morgan fingerprint density at radius 3 is 2.05 bits per heavy atom. The molecule has 1 nitrogen and oxygen atoms in total. The van der Waals surface area contributed by atoms with Crippen molar-refractivity contribution in [3.8, 4) is 22.3 Å². The highest BCUT2D eigenvalue weighted by Gasteiger charge is 2.25. The fourth-order valence-electron chi connectivity index (χ4n) is 5.87. The van der Waals surface area contributed by atoms with Crippen molar-refractivity contribution in [2.75, 3.05) is 6.61 Å². The molecule has 0 spiro atoms. The van der Waals surface area contributed by atoms with Crippen LogP contribution in [0.3, 0.4) is 0 Å². The summed E-state index contributed by atoms with van der Waals surface area (Å²) in [6.45, 7) is 5.10. The highest BCUT2D eigenvalue weighted by atomic mass is 19.2. The first kappa shape index (κ1) is 30.4. The Labute approximate surface area is 239 Å². The van der Waals surface area contributed by atoms with Crippen molar-refractivity contribution in [1.29, 1.82) is 0 Å². The van der Waals surface area contributed by atoms with Gasteiger partial charge in [-0.05, 0) is 66.3 Å². The molecule has 3 aromatic carbocycles. The zero-order valence-electron chi connectivity index (χ0n) is 24.3. The highest BCUT2D eigenvalue weighted by molar-refractivity contribution is 5.71. The Morgan fingerprint density at radius 1 is 0.675 bits per heavy atom. The van der Waals surface area contributed by atoms with Crippen molar-refractivity contribution in [1.82, 2.24) is 0 Å². The molecule has 0 aromatic heterocycles. The van der Waals surface area contributed by atoms with Crippen molar-refractivity contribution in [3.63, 3.8) is 0 Å². The topological polar surface area (TPSA) is 9.23 Å². The Bertz CT molecular complexity index is 1200. The van der Waals surface area contributed by atoms with Gasteiger partial charge in [-0.15, -0.1) is 0 Å². The summed E-state index contributed by atoms with van der Waals surface area (Å²) < 4.78 is 51.0. The minimum Gasteiger partial charge on any atom is -0.373 e. The molecule has 3 aromatic rings. The van der Waals surface area contributed by atoms with E-state index in [2.05, 4.69) is 13.8 Å². The molecule has 1 aliphatic heterocycles. The minimum atomic E-state index is -0.799. The average Bonchev–Trinajstić information content (AvgIpc) is 2.98. The maximum atomic E-state index is 15.1. The summed E-state index contributed by atoms with van der Waals surface area (Å²) in [5.74, 6) is -1.22. The van der Waals surface area contributed by atoms with E-state index in [0.717, 1.165) is 43.2 Å². The molecule has 2 unspecified atom stereocenters. The van der Waals surface area contributed by atoms with Gasteiger partial charge in [0.2, 0.25) is 0 Å². The summed E-state index contributed by atoms with van der Waals surface area (Å²) in [5, 5.41) is 0. The van der Waals surface area contributed by atoms with Gasteiger partial charge in [-0.1, -0.05) is 114 Å². The van der Waals surface area contributed by atoms with Gasteiger partial charge in [0.15, 0.2) is 11.6 Å². The van der Waals surface area contributed by atoms with Gasteiger partial charge in [-0.25, -0.2) is 13.2 Å². The van der Waals surface area contributed by atoms with Crippen LogP contribution >= 0.6 is 0 Å². The molecule has 1 heterocycles. The highest BCUT2D eigenvalue weighted by Crippen LogP contribution is 2.36. The minimum absolute atomic E-state index is 0.194. The first-order chi connectivity index (χ1) is 19.5. The van der Waals surface area contributed by atoms with Gasteiger partial charge in [-0.3, -0.25) is 0 Å². The number of halogens is 3. The second-order valence-corrected chi connectivity index (χ2v) is 11.5. The monoisotopic (exact) mass is 550 g/mol.